The van der Waals surface area contributed by atoms with Gasteiger partial charge in [0.2, 0.25) is 0 Å². The Balaban J connectivity index is 1.86. The van der Waals surface area contributed by atoms with Crippen molar-refractivity contribution in [3.05, 3.63) is 93.4 Å². The van der Waals surface area contributed by atoms with Gasteiger partial charge in [0.1, 0.15) is 11.3 Å². The third-order valence-corrected chi connectivity index (χ3v) is 4.37. The Hall–Kier alpha value is -3.05. The second-order valence-corrected chi connectivity index (χ2v) is 6.24. The lowest BCUT2D eigenvalue weighted by molar-refractivity contribution is 0.102. The van der Waals surface area contributed by atoms with E-state index in [1.807, 2.05) is 31.2 Å². The van der Waals surface area contributed by atoms with E-state index in [0.717, 1.165) is 5.56 Å². The summed E-state index contributed by atoms with van der Waals surface area (Å²) in [5.74, 6) is 0.0707. The maximum atomic E-state index is 12.8. The SMILES string of the molecule is CCOc1ccccc1NC(=O)c1cccn(Cc2ccccc2Cl)c1=O. The van der Waals surface area contributed by atoms with Crippen molar-refractivity contribution in [2.45, 2.75) is 13.5 Å². The minimum absolute atomic E-state index is 0.0517. The van der Waals surface area contributed by atoms with Gasteiger partial charge in [-0.1, -0.05) is 41.9 Å². The first-order valence-electron chi connectivity index (χ1n) is 8.56. The number of nitrogens with zero attached hydrogens (tertiary/aromatic N) is 1. The van der Waals surface area contributed by atoms with Crippen molar-refractivity contribution in [1.82, 2.24) is 4.57 Å². The molecule has 1 heterocycles. The van der Waals surface area contributed by atoms with E-state index in [1.165, 1.54) is 10.6 Å². The molecule has 0 spiro atoms. The average Bonchev–Trinajstić information content (AvgIpc) is 2.67. The maximum absolute atomic E-state index is 12.8. The Labute approximate surface area is 162 Å². The highest BCUT2D eigenvalue weighted by molar-refractivity contribution is 6.31. The fourth-order valence-electron chi connectivity index (χ4n) is 2.69. The molecule has 0 aliphatic carbocycles. The van der Waals surface area contributed by atoms with Crippen molar-refractivity contribution in [3.63, 3.8) is 0 Å². The molecule has 0 atom stereocenters. The average molecular weight is 383 g/mol. The fraction of sp³-hybridized carbons (Fsp3) is 0.143. The van der Waals surface area contributed by atoms with Crippen LogP contribution < -0.4 is 15.6 Å². The molecule has 1 N–H and O–H groups in total. The first-order valence-corrected chi connectivity index (χ1v) is 8.94. The number of hydrogen-bond donors (Lipinski definition) is 1. The first kappa shape index (κ1) is 18.7. The lowest BCUT2D eigenvalue weighted by Gasteiger charge is -2.12. The summed E-state index contributed by atoms with van der Waals surface area (Å²) in [7, 11) is 0. The van der Waals surface area contributed by atoms with Crippen LogP contribution in [0, 0.1) is 0 Å². The summed E-state index contributed by atoms with van der Waals surface area (Å²) in [6.45, 7) is 2.63. The highest BCUT2D eigenvalue weighted by Crippen LogP contribution is 2.24. The highest BCUT2D eigenvalue weighted by atomic mass is 35.5. The van der Waals surface area contributed by atoms with E-state index < -0.39 is 5.91 Å². The van der Waals surface area contributed by atoms with E-state index in [0.29, 0.717) is 23.1 Å². The van der Waals surface area contributed by atoms with E-state index in [4.69, 9.17) is 16.3 Å². The first-order chi connectivity index (χ1) is 13.1. The summed E-state index contributed by atoms with van der Waals surface area (Å²) < 4.78 is 6.97. The van der Waals surface area contributed by atoms with Crippen LogP contribution in [0.4, 0.5) is 5.69 Å². The number of pyridine rings is 1. The van der Waals surface area contributed by atoms with E-state index in [2.05, 4.69) is 5.32 Å². The largest absolute Gasteiger partial charge is 0.492 e. The monoisotopic (exact) mass is 382 g/mol. The van der Waals surface area contributed by atoms with Crippen molar-refractivity contribution in [2.75, 3.05) is 11.9 Å². The predicted octanol–water partition coefficient (Wildman–Crippen LogP) is 4.20. The van der Waals surface area contributed by atoms with Crippen molar-refractivity contribution >= 4 is 23.2 Å². The van der Waals surface area contributed by atoms with Crippen LogP contribution in [0.5, 0.6) is 5.75 Å². The molecular formula is C21H19ClN2O3. The summed E-state index contributed by atoms with van der Waals surface area (Å²) in [5, 5.41) is 3.33. The van der Waals surface area contributed by atoms with E-state index in [-0.39, 0.29) is 17.7 Å². The molecule has 0 aliphatic rings. The van der Waals surface area contributed by atoms with Crippen molar-refractivity contribution in [2.24, 2.45) is 0 Å². The van der Waals surface area contributed by atoms with Crippen LogP contribution in [0.3, 0.4) is 0 Å². The van der Waals surface area contributed by atoms with Gasteiger partial charge in [-0.2, -0.15) is 0 Å². The van der Waals surface area contributed by atoms with Gasteiger partial charge in [-0.05, 0) is 42.8 Å². The van der Waals surface area contributed by atoms with Crippen molar-refractivity contribution in [3.8, 4) is 5.75 Å². The molecule has 1 amide bonds. The number of halogens is 1. The van der Waals surface area contributed by atoms with E-state index >= 15 is 0 Å². The van der Waals surface area contributed by atoms with Crippen LogP contribution in [-0.2, 0) is 6.54 Å². The molecule has 138 valence electrons. The molecular weight excluding hydrogens is 364 g/mol. The summed E-state index contributed by atoms with van der Waals surface area (Å²) in [6.07, 6.45) is 1.64. The third-order valence-electron chi connectivity index (χ3n) is 4.00. The number of aromatic nitrogens is 1. The number of carbonyl (C=O) groups is 1. The molecule has 3 aromatic rings. The van der Waals surface area contributed by atoms with Gasteiger partial charge >= 0.3 is 0 Å². The molecule has 0 aliphatic heterocycles. The van der Waals surface area contributed by atoms with Crippen LogP contribution in [0.1, 0.15) is 22.8 Å². The smallest absolute Gasteiger partial charge is 0.263 e. The number of benzene rings is 2. The predicted molar refractivity (Wildman–Crippen MR) is 107 cm³/mol. The Morgan fingerprint density at radius 2 is 1.81 bits per heavy atom. The van der Waals surface area contributed by atoms with Gasteiger partial charge in [0.05, 0.1) is 18.8 Å². The number of carbonyl (C=O) groups excluding carboxylic acids is 1. The lowest BCUT2D eigenvalue weighted by atomic mass is 10.2. The Morgan fingerprint density at radius 3 is 2.59 bits per heavy atom. The maximum Gasteiger partial charge on any atom is 0.263 e. The molecule has 3 rings (SSSR count). The molecule has 6 heteroatoms. The molecule has 0 radical (unpaired) electrons. The molecule has 1 aromatic heterocycles. The van der Waals surface area contributed by atoms with Gasteiger partial charge in [-0.3, -0.25) is 9.59 Å². The van der Waals surface area contributed by atoms with Gasteiger partial charge < -0.3 is 14.6 Å². The lowest BCUT2D eigenvalue weighted by Crippen LogP contribution is -2.29. The second-order valence-electron chi connectivity index (χ2n) is 5.83. The summed E-state index contributed by atoms with van der Waals surface area (Å²) in [6, 6.07) is 17.6. The fourth-order valence-corrected chi connectivity index (χ4v) is 2.88. The molecule has 0 saturated heterocycles. The number of anilines is 1. The molecule has 0 fully saturated rings. The third kappa shape index (κ3) is 4.38. The quantitative estimate of drug-likeness (QED) is 0.695. The minimum atomic E-state index is -0.485. The highest BCUT2D eigenvalue weighted by Gasteiger charge is 2.15. The molecule has 0 bridgehead atoms. The second kappa shape index (κ2) is 8.56. The van der Waals surface area contributed by atoms with Crippen molar-refractivity contribution in [1.29, 1.82) is 0 Å². The Bertz CT molecular complexity index is 1010. The normalized spacial score (nSPS) is 10.4. The zero-order valence-electron chi connectivity index (χ0n) is 14.8. The van der Waals surface area contributed by atoms with E-state index in [9.17, 15) is 9.59 Å². The number of ether oxygens (including phenoxy) is 1. The van der Waals surface area contributed by atoms with Gasteiger partial charge in [-0.15, -0.1) is 0 Å². The molecule has 0 unspecified atom stereocenters. The summed E-state index contributed by atoms with van der Waals surface area (Å²) in [5.41, 5.74) is 0.991. The zero-order chi connectivity index (χ0) is 19.2. The van der Waals surface area contributed by atoms with Gasteiger partial charge in [0.15, 0.2) is 0 Å². The van der Waals surface area contributed by atoms with Crippen LogP contribution in [0.25, 0.3) is 0 Å². The van der Waals surface area contributed by atoms with Gasteiger partial charge in [0, 0.05) is 11.2 Å². The van der Waals surface area contributed by atoms with E-state index in [1.54, 1.807) is 36.5 Å². The van der Waals surface area contributed by atoms with Crippen LogP contribution in [0.15, 0.2) is 71.7 Å². The van der Waals surface area contributed by atoms with Crippen molar-refractivity contribution < 1.29 is 9.53 Å². The minimum Gasteiger partial charge on any atom is -0.492 e. The number of rotatable bonds is 6. The summed E-state index contributed by atoms with van der Waals surface area (Å²) in [4.78, 5) is 25.4. The number of amides is 1. The standard InChI is InChI=1S/C21H19ClN2O3/c1-2-27-19-12-6-5-11-18(19)23-20(25)16-9-7-13-24(21(16)26)14-15-8-3-4-10-17(15)22/h3-13H,2,14H2,1H3,(H,23,25). The van der Waals surface area contributed by atoms with Crippen LogP contribution in [-0.4, -0.2) is 17.1 Å². The summed E-state index contributed by atoms with van der Waals surface area (Å²) >= 11 is 6.17. The molecule has 0 saturated carbocycles. The van der Waals surface area contributed by atoms with Crippen LogP contribution >= 0.6 is 11.6 Å². The zero-order valence-corrected chi connectivity index (χ0v) is 15.6. The molecule has 2 aromatic carbocycles. The number of nitrogens with one attached hydrogen (secondary N) is 1. The molecule has 27 heavy (non-hydrogen) atoms. The number of para-hydroxylation sites is 2. The molecule has 5 nitrogen and oxygen atoms in total. The van der Waals surface area contributed by atoms with Gasteiger partial charge in [-0.25, -0.2) is 0 Å². The van der Waals surface area contributed by atoms with Gasteiger partial charge in [0.25, 0.3) is 11.5 Å². The number of hydrogen-bond acceptors (Lipinski definition) is 3. The van der Waals surface area contributed by atoms with Crippen LogP contribution in [0.2, 0.25) is 5.02 Å². The Morgan fingerprint density at radius 1 is 1.07 bits per heavy atom. The topological polar surface area (TPSA) is 60.3 Å². The Kier molecular flexibility index (Phi) is 5.94.